The second-order valence-electron chi connectivity index (χ2n) is 8.88. The van der Waals surface area contributed by atoms with Crippen molar-refractivity contribution in [2.45, 2.75) is 58.5 Å². The van der Waals surface area contributed by atoms with Crippen LogP contribution in [0.1, 0.15) is 52.2 Å². The van der Waals surface area contributed by atoms with E-state index in [1.807, 2.05) is 57.2 Å². The molecule has 0 atom stereocenters. The van der Waals surface area contributed by atoms with Gasteiger partial charge in [-0.15, -0.1) is 15.0 Å². The zero-order chi connectivity index (χ0) is 21.4. The van der Waals surface area contributed by atoms with Crippen LogP contribution in [0.3, 0.4) is 0 Å². The molecule has 3 aromatic rings. The first-order valence-corrected chi connectivity index (χ1v) is 9.80. The Labute approximate surface area is 171 Å². The second kappa shape index (κ2) is 7.59. The average Bonchev–Trinajstić information content (AvgIpc) is 3.09. The lowest BCUT2D eigenvalue weighted by atomic mass is 9.84. The van der Waals surface area contributed by atoms with Crippen molar-refractivity contribution < 1.29 is 14.6 Å². The summed E-state index contributed by atoms with van der Waals surface area (Å²) in [4.78, 5) is 14.0. The third kappa shape index (κ3) is 4.32. The number of hydrogen-bond donors (Lipinski definition) is 1. The lowest BCUT2D eigenvalue weighted by molar-refractivity contribution is -0.137. The number of carbonyl (C=O) groups is 1. The van der Waals surface area contributed by atoms with Crippen LogP contribution in [0.4, 0.5) is 0 Å². The van der Waals surface area contributed by atoms with Gasteiger partial charge in [0.25, 0.3) is 0 Å². The Morgan fingerprint density at radius 3 is 2.17 bits per heavy atom. The first kappa shape index (κ1) is 21.0. The minimum Gasteiger partial charge on any atom is -0.505 e. The minimum absolute atomic E-state index is 0.0369. The molecule has 1 heterocycles. The van der Waals surface area contributed by atoms with Crippen molar-refractivity contribution in [1.29, 1.82) is 0 Å². The van der Waals surface area contributed by atoms with Gasteiger partial charge in [0.15, 0.2) is 5.78 Å². The summed E-state index contributed by atoms with van der Waals surface area (Å²) in [6, 6.07) is 11.4. The number of methoxy groups -OCH3 is 1. The molecular formula is C23H29N3O3. The first-order chi connectivity index (χ1) is 13.5. The highest BCUT2D eigenvalue weighted by Gasteiger charge is 2.27. The molecule has 0 spiro atoms. The normalized spacial score (nSPS) is 12.5. The number of Topliss-reactive ketones (excluding diaryl/α,β-unsaturated/α-hetero) is 1. The standard InChI is InChI=1S/C23H29N3O3/c1-22(2,3)16-13-15(11-12-20(27)23(4,5)29-6)14-19(21(16)28)26-24-17-9-7-8-10-18(17)25-26/h7-10,13-14,28H,11-12H2,1-6H3. The van der Waals surface area contributed by atoms with Crippen LogP contribution in [0.15, 0.2) is 36.4 Å². The summed E-state index contributed by atoms with van der Waals surface area (Å²) in [5.41, 5.74) is 2.68. The number of benzene rings is 2. The Kier molecular flexibility index (Phi) is 5.50. The Balaban J connectivity index is 2.04. The lowest BCUT2D eigenvalue weighted by Gasteiger charge is -2.24. The SMILES string of the molecule is COC(C)(C)C(=O)CCc1cc(-n2nc3ccccc3n2)c(O)c(C(C)(C)C)c1. The maximum Gasteiger partial charge on any atom is 0.164 e. The summed E-state index contributed by atoms with van der Waals surface area (Å²) < 4.78 is 5.30. The van der Waals surface area contributed by atoms with Gasteiger partial charge in [-0.25, -0.2) is 0 Å². The number of rotatable bonds is 6. The van der Waals surface area contributed by atoms with Crippen molar-refractivity contribution in [2.75, 3.05) is 7.11 Å². The summed E-state index contributed by atoms with van der Waals surface area (Å²) in [6.07, 6.45) is 0.895. The molecule has 0 aliphatic heterocycles. The maximum atomic E-state index is 12.5. The number of ketones is 1. The van der Waals surface area contributed by atoms with Crippen molar-refractivity contribution in [3.8, 4) is 11.4 Å². The second-order valence-corrected chi connectivity index (χ2v) is 8.88. The fourth-order valence-corrected chi connectivity index (χ4v) is 3.19. The van der Waals surface area contributed by atoms with Crippen molar-refractivity contribution >= 4 is 16.8 Å². The highest BCUT2D eigenvalue weighted by molar-refractivity contribution is 5.86. The van der Waals surface area contributed by atoms with E-state index in [9.17, 15) is 9.90 Å². The molecule has 6 heteroatoms. The van der Waals surface area contributed by atoms with Gasteiger partial charge in [-0.05, 0) is 49.4 Å². The third-order valence-electron chi connectivity index (χ3n) is 5.28. The van der Waals surface area contributed by atoms with Gasteiger partial charge in [0.1, 0.15) is 28.1 Å². The van der Waals surface area contributed by atoms with Crippen molar-refractivity contribution in [3.05, 3.63) is 47.5 Å². The van der Waals surface area contributed by atoms with Gasteiger partial charge in [-0.3, -0.25) is 4.79 Å². The molecule has 6 nitrogen and oxygen atoms in total. The minimum atomic E-state index is -0.812. The van der Waals surface area contributed by atoms with E-state index in [0.717, 1.165) is 22.2 Å². The van der Waals surface area contributed by atoms with Crippen LogP contribution < -0.4 is 0 Å². The van der Waals surface area contributed by atoms with Gasteiger partial charge in [-0.1, -0.05) is 39.0 Å². The van der Waals surface area contributed by atoms with E-state index in [-0.39, 0.29) is 16.9 Å². The Bertz CT molecular complexity index is 1010. The molecule has 2 aromatic carbocycles. The van der Waals surface area contributed by atoms with Crippen LogP contribution in [-0.4, -0.2) is 38.6 Å². The van der Waals surface area contributed by atoms with Crippen molar-refractivity contribution in [2.24, 2.45) is 0 Å². The van der Waals surface area contributed by atoms with E-state index in [1.54, 1.807) is 21.0 Å². The quantitative estimate of drug-likeness (QED) is 0.671. The first-order valence-electron chi connectivity index (χ1n) is 9.80. The number of carbonyl (C=O) groups excluding carboxylic acids is 1. The fourth-order valence-electron chi connectivity index (χ4n) is 3.19. The Morgan fingerprint density at radius 1 is 1.07 bits per heavy atom. The van der Waals surface area contributed by atoms with Crippen molar-refractivity contribution in [1.82, 2.24) is 15.0 Å². The molecule has 0 unspecified atom stereocenters. The van der Waals surface area contributed by atoms with Crippen LogP contribution in [-0.2, 0) is 21.4 Å². The number of aromatic hydroxyl groups is 1. The molecule has 0 saturated carbocycles. The van der Waals surface area contributed by atoms with E-state index in [4.69, 9.17) is 4.74 Å². The topological polar surface area (TPSA) is 77.2 Å². The van der Waals surface area contributed by atoms with Crippen LogP contribution in [0.5, 0.6) is 5.75 Å². The van der Waals surface area contributed by atoms with Gasteiger partial charge in [-0.2, -0.15) is 0 Å². The molecule has 3 rings (SSSR count). The van der Waals surface area contributed by atoms with E-state index >= 15 is 0 Å². The molecule has 0 radical (unpaired) electrons. The maximum absolute atomic E-state index is 12.5. The van der Waals surface area contributed by atoms with Crippen LogP contribution >= 0.6 is 0 Å². The fraction of sp³-hybridized carbons (Fsp3) is 0.435. The smallest absolute Gasteiger partial charge is 0.164 e. The molecule has 0 fully saturated rings. The number of nitrogens with zero attached hydrogens (tertiary/aromatic N) is 3. The third-order valence-corrected chi connectivity index (χ3v) is 5.28. The Hall–Kier alpha value is -2.73. The highest BCUT2D eigenvalue weighted by Crippen LogP contribution is 2.36. The molecule has 0 amide bonds. The lowest BCUT2D eigenvalue weighted by Crippen LogP contribution is -2.33. The zero-order valence-electron chi connectivity index (χ0n) is 18.0. The number of phenolic OH excluding ortho intramolecular Hbond substituents is 1. The number of aromatic nitrogens is 3. The summed E-state index contributed by atoms with van der Waals surface area (Å²) in [5.74, 6) is 0.194. The molecule has 154 valence electrons. The number of aryl methyl sites for hydroxylation is 1. The van der Waals surface area contributed by atoms with Gasteiger partial charge < -0.3 is 9.84 Å². The van der Waals surface area contributed by atoms with Crippen molar-refractivity contribution in [3.63, 3.8) is 0 Å². The van der Waals surface area contributed by atoms with E-state index in [0.29, 0.717) is 18.5 Å². The van der Waals surface area contributed by atoms with Crippen LogP contribution in [0.25, 0.3) is 16.7 Å². The number of ether oxygens (including phenoxy) is 1. The number of fused-ring (bicyclic) bond motifs is 1. The summed E-state index contributed by atoms with van der Waals surface area (Å²) in [7, 11) is 1.54. The number of hydrogen-bond acceptors (Lipinski definition) is 5. The van der Waals surface area contributed by atoms with Crippen LogP contribution in [0, 0.1) is 0 Å². The summed E-state index contributed by atoms with van der Waals surface area (Å²) >= 11 is 0. The molecule has 0 saturated heterocycles. The summed E-state index contributed by atoms with van der Waals surface area (Å²) in [5, 5.41) is 20.0. The molecule has 0 aliphatic carbocycles. The van der Waals surface area contributed by atoms with E-state index in [1.165, 1.54) is 4.80 Å². The van der Waals surface area contributed by atoms with Gasteiger partial charge in [0.2, 0.25) is 0 Å². The molecule has 0 bridgehead atoms. The predicted octanol–water partition coefficient (Wildman–Crippen LogP) is 4.35. The zero-order valence-corrected chi connectivity index (χ0v) is 18.0. The molecular weight excluding hydrogens is 366 g/mol. The van der Waals surface area contributed by atoms with Gasteiger partial charge in [0.05, 0.1) is 0 Å². The van der Waals surface area contributed by atoms with Gasteiger partial charge >= 0.3 is 0 Å². The average molecular weight is 396 g/mol. The highest BCUT2D eigenvalue weighted by atomic mass is 16.5. The van der Waals surface area contributed by atoms with E-state index in [2.05, 4.69) is 10.2 Å². The van der Waals surface area contributed by atoms with Gasteiger partial charge in [0, 0.05) is 19.1 Å². The molecule has 1 aromatic heterocycles. The molecule has 1 N–H and O–H groups in total. The molecule has 0 aliphatic rings. The largest absolute Gasteiger partial charge is 0.505 e. The Morgan fingerprint density at radius 2 is 1.66 bits per heavy atom. The number of phenols is 1. The van der Waals surface area contributed by atoms with Crippen LogP contribution in [0.2, 0.25) is 0 Å². The van der Waals surface area contributed by atoms with E-state index < -0.39 is 5.60 Å². The predicted molar refractivity (Wildman–Crippen MR) is 114 cm³/mol. The summed E-state index contributed by atoms with van der Waals surface area (Å²) in [6.45, 7) is 9.68. The monoisotopic (exact) mass is 395 g/mol. The molecule has 29 heavy (non-hydrogen) atoms.